The number of carbonyl (C=O) groups excluding carboxylic acids is 1. The molecule has 0 spiro atoms. The number of nitrogens with one attached hydrogen (secondary N) is 2. The van der Waals surface area contributed by atoms with Crippen molar-refractivity contribution in [2.24, 2.45) is 5.92 Å². The van der Waals surface area contributed by atoms with Crippen LogP contribution in [-0.2, 0) is 11.3 Å². The van der Waals surface area contributed by atoms with Gasteiger partial charge in [-0.15, -0.1) is 11.3 Å². The lowest BCUT2D eigenvalue weighted by Crippen LogP contribution is -2.45. The molecule has 0 aliphatic carbocycles. The molecule has 2 amide bonds. The number of halogens is 1. The van der Waals surface area contributed by atoms with Crippen LogP contribution in [0.2, 0.25) is 0 Å². The van der Waals surface area contributed by atoms with Crippen molar-refractivity contribution in [3.63, 3.8) is 0 Å². The summed E-state index contributed by atoms with van der Waals surface area (Å²) >= 11 is 4.90. The van der Waals surface area contributed by atoms with Gasteiger partial charge in [-0.05, 0) is 34.0 Å². The molecule has 3 N–H and O–H groups in total. The van der Waals surface area contributed by atoms with Gasteiger partial charge in [0.25, 0.3) is 0 Å². The van der Waals surface area contributed by atoms with Gasteiger partial charge in [-0.25, -0.2) is 4.79 Å². The molecule has 0 aliphatic rings. The molecule has 0 radical (unpaired) electrons. The van der Waals surface area contributed by atoms with Crippen molar-refractivity contribution in [3.05, 3.63) is 20.8 Å². The lowest BCUT2D eigenvalue weighted by molar-refractivity contribution is -0.137. The maximum Gasteiger partial charge on any atom is 0.315 e. The van der Waals surface area contributed by atoms with Gasteiger partial charge in [-0.2, -0.15) is 0 Å². The number of hydrogen-bond donors (Lipinski definition) is 3. The van der Waals surface area contributed by atoms with Crippen molar-refractivity contribution in [2.75, 3.05) is 0 Å². The summed E-state index contributed by atoms with van der Waals surface area (Å²) in [6.07, 6.45) is -0.0738. The van der Waals surface area contributed by atoms with Gasteiger partial charge in [-0.1, -0.05) is 13.8 Å². The van der Waals surface area contributed by atoms with Gasteiger partial charge >= 0.3 is 12.0 Å². The third-order valence-corrected chi connectivity index (χ3v) is 4.19. The minimum absolute atomic E-state index is 0.0673. The highest BCUT2D eigenvalue weighted by molar-refractivity contribution is 9.11. The summed E-state index contributed by atoms with van der Waals surface area (Å²) in [5.41, 5.74) is 0. The van der Waals surface area contributed by atoms with Crippen LogP contribution in [0.3, 0.4) is 0 Å². The Balaban J connectivity index is 2.42. The molecule has 1 aromatic rings. The van der Waals surface area contributed by atoms with Crippen molar-refractivity contribution in [1.82, 2.24) is 10.6 Å². The molecule has 1 unspecified atom stereocenters. The Hall–Kier alpha value is -1.08. The van der Waals surface area contributed by atoms with E-state index in [0.29, 0.717) is 6.54 Å². The fraction of sp³-hybridized carbons (Fsp3) is 0.500. The first-order chi connectivity index (χ1) is 8.88. The Labute approximate surface area is 124 Å². The standard InChI is InChI=1S/C12H17BrN2O3S/c1-7(2)9(5-11(16)17)15-12(18)14-6-8-3-4-10(13)19-8/h3-4,7,9H,5-6H2,1-2H3,(H,16,17)(H2,14,15,18). The highest BCUT2D eigenvalue weighted by Gasteiger charge is 2.19. The van der Waals surface area contributed by atoms with Gasteiger partial charge < -0.3 is 15.7 Å². The first kappa shape index (κ1) is 16.0. The quantitative estimate of drug-likeness (QED) is 0.739. The van der Waals surface area contributed by atoms with E-state index in [1.165, 1.54) is 0 Å². The third kappa shape index (κ3) is 6.07. The second-order valence-electron chi connectivity index (χ2n) is 4.48. The van der Waals surface area contributed by atoms with Crippen LogP contribution in [-0.4, -0.2) is 23.1 Å². The number of carboxylic acid groups (broad SMARTS) is 1. The number of carbonyl (C=O) groups is 2. The van der Waals surface area contributed by atoms with E-state index in [1.807, 2.05) is 26.0 Å². The first-order valence-electron chi connectivity index (χ1n) is 5.89. The van der Waals surface area contributed by atoms with Crippen LogP contribution in [0.25, 0.3) is 0 Å². The topological polar surface area (TPSA) is 78.4 Å². The highest BCUT2D eigenvalue weighted by atomic mass is 79.9. The smallest absolute Gasteiger partial charge is 0.315 e. The molecule has 1 atom stereocenters. The fourth-order valence-corrected chi connectivity index (χ4v) is 2.90. The van der Waals surface area contributed by atoms with E-state index in [1.54, 1.807) is 11.3 Å². The molecular weight excluding hydrogens is 332 g/mol. The van der Waals surface area contributed by atoms with Gasteiger partial charge in [0.1, 0.15) is 0 Å². The Kier molecular flexibility index (Phi) is 6.30. The number of rotatable bonds is 6. The van der Waals surface area contributed by atoms with E-state index < -0.39 is 5.97 Å². The first-order valence-corrected chi connectivity index (χ1v) is 7.49. The van der Waals surface area contributed by atoms with Crippen molar-refractivity contribution in [1.29, 1.82) is 0 Å². The summed E-state index contributed by atoms with van der Waals surface area (Å²) in [5.74, 6) is -0.848. The third-order valence-electron chi connectivity index (χ3n) is 2.57. The Morgan fingerprint density at radius 1 is 1.42 bits per heavy atom. The predicted molar refractivity (Wildman–Crippen MR) is 78.3 cm³/mol. The van der Waals surface area contributed by atoms with Gasteiger partial charge in [-0.3, -0.25) is 4.79 Å². The number of carboxylic acids is 1. The summed E-state index contributed by atoms with van der Waals surface area (Å²) in [6, 6.07) is 3.13. The number of urea groups is 1. The van der Waals surface area contributed by atoms with Crippen LogP contribution in [0.15, 0.2) is 15.9 Å². The molecule has 19 heavy (non-hydrogen) atoms. The van der Waals surface area contributed by atoms with E-state index in [-0.39, 0.29) is 24.4 Å². The molecule has 0 fully saturated rings. The molecule has 0 bridgehead atoms. The zero-order chi connectivity index (χ0) is 14.4. The summed E-state index contributed by atoms with van der Waals surface area (Å²) in [4.78, 5) is 23.4. The maximum absolute atomic E-state index is 11.7. The van der Waals surface area contributed by atoms with E-state index in [4.69, 9.17) is 5.11 Å². The molecule has 106 valence electrons. The second kappa shape index (κ2) is 7.49. The van der Waals surface area contributed by atoms with Crippen LogP contribution in [0, 0.1) is 5.92 Å². The summed E-state index contributed by atoms with van der Waals surface area (Å²) in [7, 11) is 0. The molecular formula is C12H17BrN2O3S. The molecule has 1 aromatic heterocycles. The normalized spacial score (nSPS) is 12.2. The van der Waals surface area contributed by atoms with Gasteiger partial charge in [0, 0.05) is 10.9 Å². The van der Waals surface area contributed by atoms with Gasteiger partial charge in [0.15, 0.2) is 0 Å². The van der Waals surface area contributed by atoms with Crippen LogP contribution < -0.4 is 10.6 Å². The fourth-order valence-electron chi connectivity index (χ4n) is 1.48. The van der Waals surface area contributed by atoms with Gasteiger partial charge in [0.2, 0.25) is 0 Å². The molecule has 0 saturated carbocycles. The van der Waals surface area contributed by atoms with Crippen molar-refractivity contribution in [2.45, 2.75) is 32.9 Å². The van der Waals surface area contributed by atoms with Crippen molar-refractivity contribution < 1.29 is 14.7 Å². The molecule has 0 saturated heterocycles. The molecule has 7 heteroatoms. The number of amides is 2. The van der Waals surface area contributed by atoms with Crippen LogP contribution in [0.4, 0.5) is 4.79 Å². The summed E-state index contributed by atoms with van der Waals surface area (Å²) < 4.78 is 1.01. The van der Waals surface area contributed by atoms with Crippen molar-refractivity contribution in [3.8, 4) is 0 Å². The average molecular weight is 349 g/mol. The Bertz CT molecular complexity index is 448. The molecule has 0 aromatic carbocycles. The lowest BCUT2D eigenvalue weighted by atomic mass is 10.0. The van der Waals surface area contributed by atoms with E-state index >= 15 is 0 Å². The zero-order valence-electron chi connectivity index (χ0n) is 10.8. The molecule has 1 rings (SSSR count). The minimum atomic E-state index is -0.916. The zero-order valence-corrected chi connectivity index (χ0v) is 13.2. The van der Waals surface area contributed by atoms with Crippen molar-refractivity contribution >= 4 is 39.3 Å². The van der Waals surface area contributed by atoms with Crippen LogP contribution in [0.1, 0.15) is 25.1 Å². The van der Waals surface area contributed by atoms with E-state index in [2.05, 4.69) is 26.6 Å². The average Bonchev–Trinajstić information content (AvgIpc) is 2.71. The predicted octanol–water partition coefficient (Wildman–Crippen LogP) is 2.81. The number of hydrogen-bond acceptors (Lipinski definition) is 3. The minimum Gasteiger partial charge on any atom is -0.481 e. The SMILES string of the molecule is CC(C)C(CC(=O)O)NC(=O)NCc1ccc(Br)s1. The summed E-state index contributed by atoms with van der Waals surface area (Å²) in [5, 5.41) is 14.2. The highest BCUT2D eigenvalue weighted by Crippen LogP contribution is 2.21. The monoisotopic (exact) mass is 348 g/mol. The Morgan fingerprint density at radius 3 is 2.58 bits per heavy atom. The van der Waals surface area contributed by atoms with Crippen LogP contribution >= 0.6 is 27.3 Å². The summed E-state index contributed by atoms with van der Waals surface area (Å²) in [6.45, 7) is 4.19. The van der Waals surface area contributed by atoms with E-state index in [9.17, 15) is 9.59 Å². The Morgan fingerprint density at radius 2 is 2.11 bits per heavy atom. The van der Waals surface area contributed by atoms with Gasteiger partial charge in [0.05, 0.1) is 16.8 Å². The number of aliphatic carboxylic acids is 1. The maximum atomic E-state index is 11.7. The second-order valence-corrected chi connectivity index (χ2v) is 7.03. The number of thiophene rings is 1. The largest absolute Gasteiger partial charge is 0.481 e. The van der Waals surface area contributed by atoms with Crippen LogP contribution in [0.5, 0.6) is 0 Å². The lowest BCUT2D eigenvalue weighted by Gasteiger charge is -2.20. The molecule has 1 heterocycles. The molecule has 0 aliphatic heterocycles. The van der Waals surface area contributed by atoms with E-state index in [0.717, 1.165) is 8.66 Å². The molecule has 5 nitrogen and oxygen atoms in total.